The van der Waals surface area contributed by atoms with E-state index in [1.807, 2.05) is 6.20 Å². The molecule has 92 valence electrons. The van der Waals surface area contributed by atoms with E-state index in [0.29, 0.717) is 11.0 Å². The fourth-order valence-electron chi connectivity index (χ4n) is 1.89. The molecule has 0 amide bonds. The van der Waals surface area contributed by atoms with Crippen molar-refractivity contribution in [2.45, 2.75) is 13.0 Å². The van der Waals surface area contributed by atoms with Gasteiger partial charge < -0.3 is 15.4 Å². The molecule has 0 saturated carbocycles. The van der Waals surface area contributed by atoms with Crippen molar-refractivity contribution in [2.75, 3.05) is 32.5 Å². The number of nitrogens with zero attached hydrogens (tertiary/aromatic N) is 2. The Balaban J connectivity index is 0.00000128. The number of aromatic nitrogens is 1. The molecule has 1 fully saturated rings. The summed E-state index contributed by atoms with van der Waals surface area (Å²) in [5, 5.41) is 0.655. The average Bonchev–Trinajstić information content (AvgIpc) is 2.77. The lowest BCUT2D eigenvalue weighted by Gasteiger charge is -2.18. The number of halogens is 1. The SMILES string of the molecule is CN(Cc1cnc(N)s1)CC1CCOC1.Cl. The second-order valence-corrected chi connectivity index (χ2v) is 5.24. The van der Waals surface area contributed by atoms with E-state index >= 15 is 0 Å². The molecule has 4 nitrogen and oxygen atoms in total. The van der Waals surface area contributed by atoms with Crippen molar-refractivity contribution in [2.24, 2.45) is 5.92 Å². The van der Waals surface area contributed by atoms with Crippen molar-refractivity contribution in [3.05, 3.63) is 11.1 Å². The Morgan fingerprint density at radius 1 is 1.69 bits per heavy atom. The third kappa shape index (κ3) is 3.90. The summed E-state index contributed by atoms with van der Waals surface area (Å²) in [4.78, 5) is 7.59. The highest BCUT2D eigenvalue weighted by Gasteiger charge is 2.17. The van der Waals surface area contributed by atoms with Crippen LogP contribution >= 0.6 is 23.7 Å². The van der Waals surface area contributed by atoms with Crippen molar-refractivity contribution in [3.63, 3.8) is 0 Å². The first-order chi connectivity index (χ1) is 7.24. The number of hydrogen-bond donors (Lipinski definition) is 1. The zero-order valence-corrected chi connectivity index (χ0v) is 11.0. The van der Waals surface area contributed by atoms with Crippen LogP contribution in [0, 0.1) is 5.92 Å². The van der Waals surface area contributed by atoms with Crippen molar-refractivity contribution in [1.82, 2.24) is 9.88 Å². The van der Waals surface area contributed by atoms with Gasteiger partial charge in [-0.05, 0) is 19.4 Å². The summed E-state index contributed by atoms with van der Waals surface area (Å²) >= 11 is 1.57. The highest BCUT2D eigenvalue weighted by Crippen LogP contribution is 2.18. The molecule has 0 spiro atoms. The van der Waals surface area contributed by atoms with Crippen LogP contribution in [0.25, 0.3) is 0 Å². The predicted octanol–water partition coefficient (Wildman–Crippen LogP) is 1.62. The average molecular weight is 264 g/mol. The van der Waals surface area contributed by atoms with Crippen molar-refractivity contribution >= 4 is 28.9 Å². The Hall–Kier alpha value is -0.360. The normalized spacial score (nSPS) is 20.0. The molecule has 2 heterocycles. The van der Waals surface area contributed by atoms with Gasteiger partial charge in [0, 0.05) is 30.8 Å². The van der Waals surface area contributed by atoms with Crippen LogP contribution in [0.3, 0.4) is 0 Å². The van der Waals surface area contributed by atoms with Crippen LogP contribution in [0.4, 0.5) is 5.13 Å². The molecule has 0 aromatic carbocycles. The highest BCUT2D eigenvalue weighted by atomic mass is 35.5. The van der Waals surface area contributed by atoms with Gasteiger partial charge in [0.05, 0.1) is 6.61 Å². The molecular weight excluding hydrogens is 246 g/mol. The van der Waals surface area contributed by atoms with Gasteiger partial charge >= 0.3 is 0 Å². The first-order valence-electron chi connectivity index (χ1n) is 5.20. The van der Waals surface area contributed by atoms with Crippen LogP contribution in [-0.2, 0) is 11.3 Å². The van der Waals surface area contributed by atoms with Crippen LogP contribution in [-0.4, -0.2) is 36.7 Å². The number of hydrogen-bond acceptors (Lipinski definition) is 5. The lowest BCUT2D eigenvalue weighted by Crippen LogP contribution is -2.25. The minimum atomic E-state index is 0. The molecule has 1 saturated heterocycles. The van der Waals surface area contributed by atoms with Crippen LogP contribution in [0.15, 0.2) is 6.20 Å². The Labute approximate surface area is 106 Å². The monoisotopic (exact) mass is 263 g/mol. The molecule has 6 heteroatoms. The fraction of sp³-hybridized carbons (Fsp3) is 0.700. The number of ether oxygens (including phenoxy) is 1. The zero-order valence-electron chi connectivity index (χ0n) is 9.39. The van der Waals surface area contributed by atoms with Crippen LogP contribution in [0.2, 0.25) is 0 Å². The molecular formula is C10H18ClN3OS. The number of thiazole rings is 1. The number of rotatable bonds is 4. The summed E-state index contributed by atoms with van der Waals surface area (Å²) in [6.07, 6.45) is 3.05. The van der Waals surface area contributed by atoms with E-state index in [4.69, 9.17) is 10.5 Å². The maximum Gasteiger partial charge on any atom is 0.180 e. The van der Waals surface area contributed by atoms with E-state index < -0.39 is 0 Å². The largest absolute Gasteiger partial charge is 0.381 e. The molecule has 16 heavy (non-hydrogen) atoms. The minimum Gasteiger partial charge on any atom is -0.381 e. The third-order valence-corrected chi connectivity index (χ3v) is 3.40. The van der Waals surface area contributed by atoms with E-state index in [1.165, 1.54) is 11.3 Å². The predicted molar refractivity (Wildman–Crippen MR) is 69.0 cm³/mol. The number of anilines is 1. The molecule has 0 radical (unpaired) electrons. The van der Waals surface area contributed by atoms with Gasteiger partial charge in [-0.25, -0.2) is 4.98 Å². The van der Waals surface area contributed by atoms with Gasteiger partial charge in [-0.3, -0.25) is 0 Å². The highest BCUT2D eigenvalue weighted by molar-refractivity contribution is 7.15. The molecule has 1 atom stereocenters. The van der Waals surface area contributed by atoms with Gasteiger partial charge in [-0.1, -0.05) is 0 Å². The van der Waals surface area contributed by atoms with Crippen molar-refractivity contribution < 1.29 is 4.74 Å². The number of nitrogen functional groups attached to an aromatic ring is 1. The van der Waals surface area contributed by atoms with Crippen molar-refractivity contribution in [1.29, 1.82) is 0 Å². The minimum absolute atomic E-state index is 0. The lowest BCUT2D eigenvalue weighted by atomic mass is 10.1. The summed E-state index contributed by atoms with van der Waals surface area (Å²) in [6, 6.07) is 0. The van der Waals surface area contributed by atoms with Gasteiger partial charge in [0.1, 0.15) is 0 Å². The van der Waals surface area contributed by atoms with E-state index in [1.54, 1.807) is 11.3 Å². The van der Waals surface area contributed by atoms with Crippen LogP contribution < -0.4 is 5.73 Å². The van der Waals surface area contributed by atoms with Gasteiger partial charge in [0.25, 0.3) is 0 Å². The Morgan fingerprint density at radius 2 is 2.50 bits per heavy atom. The van der Waals surface area contributed by atoms with Gasteiger partial charge in [0.15, 0.2) is 5.13 Å². The number of nitrogens with two attached hydrogens (primary N) is 1. The van der Waals surface area contributed by atoms with Crippen molar-refractivity contribution in [3.8, 4) is 0 Å². The van der Waals surface area contributed by atoms with Gasteiger partial charge in [0.2, 0.25) is 0 Å². The molecule has 1 aliphatic heterocycles. The summed E-state index contributed by atoms with van der Waals surface area (Å²) in [5.74, 6) is 0.695. The standard InChI is InChI=1S/C10H17N3OS.ClH/c1-13(5-8-2-3-14-7-8)6-9-4-12-10(11)15-9;/h4,8H,2-3,5-7H2,1H3,(H2,11,12);1H. The molecule has 0 bridgehead atoms. The maximum atomic E-state index is 5.59. The van der Waals surface area contributed by atoms with E-state index in [2.05, 4.69) is 16.9 Å². The summed E-state index contributed by atoms with van der Waals surface area (Å²) < 4.78 is 5.36. The van der Waals surface area contributed by atoms with Gasteiger partial charge in [-0.2, -0.15) is 0 Å². The molecule has 2 rings (SSSR count). The molecule has 1 unspecified atom stereocenters. The molecule has 1 aromatic heterocycles. The summed E-state index contributed by atoms with van der Waals surface area (Å²) in [5.41, 5.74) is 5.59. The molecule has 2 N–H and O–H groups in total. The van der Waals surface area contributed by atoms with Crippen LogP contribution in [0.1, 0.15) is 11.3 Å². The van der Waals surface area contributed by atoms with E-state index in [9.17, 15) is 0 Å². The topological polar surface area (TPSA) is 51.4 Å². The second kappa shape index (κ2) is 6.39. The Bertz CT molecular complexity index is 315. The molecule has 1 aliphatic rings. The fourth-order valence-corrected chi connectivity index (χ4v) is 2.66. The summed E-state index contributed by atoms with van der Waals surface area (Å²) in [6.45, 7) is 3.87. The smallest absolute Gasteiger partial charge is 0.180 e. The van der Waals surface area contributed by atoms with E-state index in [0.717, 1.165) is 26.3 Å². The van der Waals surface area contributed by atoms with Crippen LogP contribution in [0.5, 0.6) is 0 Å². The maximum absolute atomic E-state index is 5.59. The molecule has 0 aliphatic carbocycles. The zero-order chi connectivity index (χ0) is 10.7. The quantitative estimate of drug-likeness (QED) is 0.897. The van der Waals surface area contributed by atoms with E-state index in [-0.39, 0.29) is 12.4 Å². The lowest BCUT2D eigenvalue weighted by molar-refractivity contribution is 0.173. The Kier molecular flexibility index (Phi) is 5.48. The molecule has 1 aromatic rings. The van der Waals surface area contributed by atoms with Gasteiger partial charge in [-0.15, -0.1) is 23.7 Å². The summed E-state index contributed by atoms with van der Waals surface area (Å²) in [7, 11) is 2.13. The first kappa shape index (κ1) is 13.7. The third-order valence-electron chi connectivity index (χ3n) is 2.59. The first-order valence-corrected chi connectivity index (χ1v) is 6.02. The Morgan fingerprint density at radius 3 is 3.06 bits per heavy atom. The second-order valence-electron chi connectivity index (χ2n) is 4.09.